The van der Waals surface area contributed by atoms with Crippen molar-refractivity contribution in [2.75, 3.05) is 10.5 Å². The number of hydrogen-bond donors (Lipinski definition) is 5. The van der Waals surface area contributed by atoms with E-state index in [9.17, 15) is 18.0 Å². The van der Waals surface area contributed by atoms with Crippen molar-refractivity contribution in [2.45, 2.75) is 24.2 Å². The standard InChI is InChI=1S/C21H20F3N5O2S2/c1-11(14-4-2-3-5-17(14)31-21(22,23)24)28-20(30)15-8-13(10-27-19(15)25)12-6-7-16-18(9-12)32-33(26)29-16/h2-11,29,33H,26H2,1H3,(H2,25,27)(H,28,30). The number of para-hydroxylation sites is 1. The third kappa shape index (κ3) is 5.29. The number of thiol groups is 1. The first-order valence-electron chi connectivity index (χ1n) is 9.65. The van der Waals surface area contributed by atoms with Crippen LogP contribution in [0.25, 0.3) is 11.1 Å². The van der Waals surface area contributed by atoms with Gasteiger partial charge < -0.3 is 20.5 Å². The molecule has 0 saturated heterocycles. The van der Waals surface area contributed by atoms with Crippen molar-refractivity contribution in [3.05, 3.63) is 65.9 Å². The Bertz CT molecular complexity index is 1210. The summed E-state index contributed by atoms with van der Waals surface area (Å²) in [4.78, 5) is 18.1. The summed E-state index contributed by atoms with van der Waals surface area (Å²) < 4.78 is 45.5. The van der Waals surface area contributed by atoms with Crippen molar-refractivity contribution in [1.29, 1.82) is 0 Å². The molecular weight excluding hydrogens is 475 g/mol. The fourth-order valence-corrected chi connectivity index (χ4v) is 6.02. The number of nitrogens with two attached hydrogens (primary N) is 2. The molecule has 0 fully saturated rings. The molecular formula is C21H20F3N5O2S2. The lowest BCUT2D eigenvalue weighted by atomic mass is 10.0. The summed E-state index contributed by atoms with van der Waals surface area (Å²) in [6.07, 6.45) is -3.29. The Labute approximate surface area is 194 Å². The van der Waals surface area contributed by atoms with E-state index < -0.39 is 28.6 Å². The molecule has 2 unspecified atom stereocenters. The van der Waals surface area contributed by atoms with E-state index in [1.54, 1.807) is 25.3 Å². The Morgan fingerprint density at radius 1 is 1.21 bits per heavy atom. The van der Waals surface area contributed by atoms with Gasteiger partial charge in [-0.3, -0.25) is 9.93 Å². The highest BCUT2D eigenvalue weighted by atomic mass is 33.1. The molecule has 12 heteroatoms. The number of aromatic nitrogens is 1. The number of fused-ring (bicyclic) bond motifs is 1. The quantitative estimate of drug-likeness (QED) is 0.251. The maximum absolute atomic E-state index is 12.9. The predicted molar refractivity (Wildman–Crippen MR) is 126 cm³/mol. The summed E-state index contributed by atoms with van der Waals surface area (Å²) in [7, 11) is 0.687. The van der Waals surface area contributed by atoms with E-state index >= 15 is 0 Å². The molecule has 0 bridgehead atoms. The van der Waals surface area contributed by atoms with Gasteiger partial charge in [-0.05, 0) is 47.5 Å². The Hall–Kier alpha value is -3.09. The van der Waals surface area contributed by atoms with Crippen molar-refractivity contribution >= 4 is 38.5 Å². The van der Waals surface area contributed by atoms with Gasteiger partial charge in [-0.1, -0.05) is 34.6 Å². The Kier molecular flexibility index (Phi) is 6.32. The molecule has 174 valence electrons. The van der Waals surface area contributed by atoms with Gasteiger partial charge in [-0.25, -0.2) is 4.98 Å². The van der Waals surface area contributed by atoms with E-state index in [0.717, 1.165) is 16.1 Å². The van der Waals surface area contributed by atoms with Gasteiger partial charge in [0.05, 0.1) is 17.3 Å². The highest BCUT2D eigenvalue weighted by Gasteiger charge is 2.32. The number of hydrogen-bond acceptors (Lipinski definition) is 7. The highest BCUT2D eigenvalue weighted by molar-refractivity contribution is 8.85. The van der Waals surface area contributed by atoms with Crippen LogP contribution in [0, 0.1) is 0 Å². The fraction of sp³-hybridized carbons (Fsp3) is 0.143. The second-order valence-electron chi connectivity index (χ2n) is 7.18. The van der Waals surface area contributed by atoms with Crippen molar-refractivity contribution in [3.8, 4) is 16.9 Å². The summed E-state index contributed by atoms with van der Waals surface area (Å²) in [6.45, 7) is 1.56. The highest BCUT2D eigenvalue weighted by Crippen LogP contribution is 2.51. The number of rotatable bonds is 5. The van der Waals surface area contributed by atoms with Gasteiger partial charge in [-0.2, -0.15) is 0 Å². The molecule has 1 aromatic heterocycles. The van der Waals surface area contributed by atoms with Crippen LogP contribution in [0.4, 0.5) is 24.7 Å². The minimum absolute atomic E-state index is 0.00552. The van der Waals surface area contributed by atoms with Crippen LogP contribution in [0.3, 0.4) is 0 Å². The summed E-state index contributed by atoms with van der Waals surface area (Å²) in [5.41, 5.74) is 8.66. The molecule has 0 spiro atoms. The van der Waals surface area contributed by atoms with E-state index in [2.05, 4.69) is 19.8 Å². The zero-order valence-corrected chi connectivity index (χ0v) is 18.9. The number of halogens is 3. The Balaban J connectivity index is 1.57. The van der Waals surface area contributed by atoms with Crippen LogP contribution < -0.4 is 25.6 Å². The molecule has 0 saturated carbocycles. The van der Waals surface area contributed by atoms with E-state index in [1.807, 2.05) is 18.2 Å². The average Bonchev–Trinajstić information content (AvgIpc) is 3.12. The van der Waals surface area contributed by atoms with Gasteiger partial charge in [-0.15, -0.1) is 13.2 Å². The summed E-state index contributed by atoms with van der Waals surface area (Å²) in [5, 5.41) is 8.63. The van der Waals surface area contributed by atoms with Crippen LogP contribution in [0.1, 0.15) is 28.9 Å². The molecule has 7 nitrogen and oxygen atoms in total. The minimum Gasteiger partial charge on any atom is -0.405 e. The summed E-state index contributed by atoms with van der Waals surface area (Å²) in [5.74, 6) is -0.952. The van der Waals surface area contributed by atoms with Crippen molar-refractivity contribution in [2.24, 2.45) is 5.14 Å². The number of nitrogens with one attached hydrogen (secondary N) is 2. The van der Waals surface area contributed by atoms with E-state index in [-0.39, 0.29) is 22.7 Å². The minimum atomic E-state index is -4.85. The molecule has 3 aromatic rings. The molecule has 33 heavy (non-hydrogen) atoms. The van der Waals surface area contributed by atoms with Gasteiger partial charge in [0.1, 0.15) is 11.6 Å². The first-order valence-corrected chi connectivity index (χ1v) is 12.5. The van der Waals surface area contributed by atoms with Gasteiger partial charge in [0.2, 0.25) is 0 Å². The molecule has 1 amide bonds. The topological polar surface area (TPSA) is 115 Å². The van der Waals surface area contributed by atoms with Crippen LogP contribution in [0.2, 0.25) is 0 Å². The maximum Gasteiger partial charge on any atom is 0.573 e. The molecule has 6 N–H and O–H groups in total. The SMILES string of the molecule is CC(NC(=O)c1cc(-c2ccc3c(c2)S[SH](N)N3)cnc1N)c1ccccc1OC(F)(F)F. The van der Waals surface area contributed by atoms with Crippen molar-refractivity contribution < 1.29 is 22.7 Å². The molecule has 4 rings (SSSR count). The average molecular weight is 496 g/mol. The summed E-state index contributed by atoms with van der Waals surface area (Å²) in [6, 6.07) is 12.2. The molecule has 2 heterocycles. The normalized spacial score (nSPS) is 17.1. The van der Waals surface area contributed by atoms with Crippen LogP contribution >= 0.6 is 21.1 Å². The third-order valence-corrected chi connectivity index (χ3v) is 7.51. The van der Waals surface area contributed by atoms with Crippen LogP contribution in [-0.2, 0) is 0 Å². The smallest absolute Gasteiger partial charge is 0.405 e. The summed E-state index contributed by atoms with van der Waals surface area (Å²) >= 11 is 0. The van der Waals surface area contributed by atoms with Gasteiger partial charge >= 0.3 is 6.36 Å². The number of amides is 1. The predicted octanol–water partition coefficient (Wildman–Crippen LogP) is 4.94. The number of benzene rings is 2. The van der Waals surface area contributed by atoms with Crippen LogP contribution in [-0.4, -0.2) is 17.3 Å². The van der Waals surface area contributed by atoms with Crippen LogP contribution in [0.5, 0.6) is 5.75 Å². The second-order valence-corrected chi connectivity index (χ2v) is 10.4. The van der Waals surface area contributed by atoms with Crippen LogP contribution in [0.15, 0.2) is 59.6 Å². The Morgan fingerprint density at radius 3 is 2.73 bits per heavy atom. The van der Waals surface area contributed by atoms with Gasteiger partial charge in [0, 0.05) is 22.2 Å². The maximum atomic E-state index is 12.9. The fourth-order valence-electron chi connectivity index (χ4n) is 3.34. The monoisotopic (exact) mass is 495 g/mol. The third-order valence-electron chi connectivity index (χ3n) is 4.86. The van der Waals surface area contributed by atoms with Crippen molar-refractivity contribution in [3.63, 3.8) is 0 Å². The van der Waals surface area contributed by atoms with E-state index in [0.29, 0.717) is 5.56 Å². The number of anilines is 2. The lowest BCUT2D eigenvalue weighted by molar-refractivity contribution is -0.275. The number of carbonyl (C=O) groups is 1. The second kappa shape index (κ2) is 9.04. The molecule has 1 aliphatic rings. The van der Waals surface area contributed by atoms with Gasteiger partial charge in [0.15, 0.2) is 0 Å². The largest absolute Gasteiger partial charge is 0.573 e. The molecule has 2 aromatic carbocycles. The lowest BCUT2D eigenvalue weighted by Crippen LogP contribution is -2.28. The Morgan fingerprint density at radius 2 is 1.97 bits per heavy atom. The van der Waals surface area contributed by atoms with Gasteiger partial charge in [0.25, 0.3) is 5.91 Å². The molecule has 2 atom stereocenters. The number of carbonyl (C=O) groups excluding carboxylic acids is 1. The number of pyridine rings is 1. The number of nitrogens with zero attached hydrogens (tertiary/aromatic N) is 1. The number of ether oxygens (including phenoxy) is 1. The lowest BCUT2D eigenvalue weighted by Gasteiger charge is -2.19. The first-order chi connectivity index (χ1) is 15.6. The first kappa shape index (κ1) is 23.1. The zero-order valence-electron chi connectivity index (χ0n) is 17.2. The molecule has 0 aliphatic carbocycles. The molecule has 0 radical (unpaired) electrons. The zero-order chi connectivity index (χ0) is 23.8. The van der Waals surface area contributed by atoms with E-state index in [1.165, 1.54) is 29.0 Å². The van der Waals surface area contributed by atoms with Crippen molar-refractivity contribution in [1.82, 2.24) is 10.3 Å². The van der Waals surface area contributed by atoms with E-state index in [4.69, 9.17) is 10.9 Å². The number of nitrogen functional groups attached to an aromatic ring is 1. The number of alkyl halides is 3. The molecule has 1 aliphatic heterocycles.